The number of hydrogen-bond donors (Lipinski definition) is 2. The van der Waals surface area contributed by atoms with Gasteiger partial charge in [0.05, 0.1) is 24.6 Å². The lowest BCUT2D eigenvalue weighted by Crippen LogP contribution is -2.40. The van der Waals surface area contributed by atoms with E-state index < -0.39 is 0 Å². The van der Waals surface area contributed by atoms with Crippen LogP contribution < -0.4 is 5.73 Å². The Labute approximate surface area is 170 Å². The Bertz CT molecular complexity index is 1010. The maximum absolute atomic E-state index is 12.5. The minimum atomic E-state index is 0.0544. The molecule has 1 saturated heterocycles. The minimum Gasteiger partial charge on any atom is -0.397 e. The van der Waals surface area contributed by atoms with Crippen LogP contribution in [-0.4, -0.2) is 47.1 Å². The number of aromatic amines is 1. The van der Waals surface area contributed by atoms with Gasteiger partial charge in [-0.25, -0.2) is 0 Å². The monoisotopic (exact) mass is 388 g/mol. The molecule has 1 fully saturated rings. The molecule has 0 spiro atoms. The summed E-state index contributed by atoms with van der Waals surface area (Å²) in [6, 6.07) is 13.5. The van der Waals surface area contributed by atoms with Crippen molar-refractivity contribution in [2.45, 2.75) is 6.92 Å². The van der Waals surface area contributed by atoms with E-state index >= 15 is 0 Å². The van der Waals surface area contributed by atoms with Gasteiger partial charge in [-0.05, 0) is 48.9 Å². The molecule has 1 amide bonds. The number of nitrogens with zero attached hydrogens (tertiary/aromatic N) is 2. The van der Waals surface area contributed by atoms with E-state index in [1.54, 1.807) is 6.20 Å². The SMILES string of the molecule is Cc1[nH]c(-c2ccnc(/C=C/c3ccc(C(=O)N4CCOCC4)cc3)c2)cc1N. The highest BCUT2D eigenvalue weighted by Crippen LogP contribution is 2.23. The lowest BCUT2D eigenvalue weighted by Gasteiger charge is -2.26. The Morgan fingerprint density at radius 1 is 1.14 bits per heavy atom. The highest BCUT2D eigenvalue weighted by atomic mass is 16.5. The summed E-state index contributed by atoms with van der Waals surface area (Å²) < 4.78 is 5.31. The van der Waals surface area contributed by atoms with Gasteiger partial charge in [0.2, 0.25) is 0 Å². The molecule has 3 heterocycles. The number of hydrogen-bond acceptors (Lipinski definition) is 4. The van der Waals surface area contributed by atoms with Crippen LogP contribution in [0.25, 0.3) is 23.4 Å². The van der Waals surface area contributed by atoms with Gasteiger partial charge in [0.15, 0.2) is 0 Å². The normalized spacial score (nSPS) is 14.4. The van der Waals surface area contributed by atoms with E-state index in [4.69, 9.17) is 10.5 Å². The molecular formula is C23H24N4O2. The van der Waals surface area contributed by atoms with E-state index in [0.717, 1.165) is 33.9 Å². The summed E-state index contributed by atoms with van der Waals surface area (Å²) in [6.45, 7) is 4.46. The topological polar surface area (TPSA) is 84.2 Å². The molecule has 6 nitrogen and oxygen atoms in total. The van der Waals surface area contributed by atoms with Gasteiger partial charge in [0.1, 0.15) is 0 Å². The molecule has 4 rings (SSSR count). The first kappa shape index (κ1) is 19.0. The van der Waals surface area contributed by atoms with Crippen molar-refractivity contribution in [3.05, 3.63) is 71.2 Å². The van der Waals surface area contributed by atoms with E-state index in [9.17, 15) is 4.79 Å². The molecule has 1 aliphatic rings. The number of amides is 1. The highest BCUT2D eigenvalue weighted by Gasteiger charge is 2.18. The number of carbonyl (C=O) groups excluding carboxylic acids is 1. The Kier molecular flexibility index (Phi) is 5.44. The molecule has 0 atom stereocenters. The number of aryl methyl sites for hydroxylation is 1. The molecule has 2 aromatic heterocycles. The fourth-order valence-electron chi connectivity index (χ4n) is 3.30. The van der Waals surface area contributed by atoms with E-state index in [1.165, 1.54) is 0 Å². The van der Waals surface area contributed by atoms with Gasteiger partial charge in [-0.15, -0.1) is 0 Å². The van der Waals surface area contributed by atoms with Crippen LogP contribution in [0.5, 0.6) is 0 Å². The molecule has 0 saturated carbocycles. The predicted molar refractivity (Wildman–Crippen MR) is 115 cm³/mol. The summed E-state index contributed by atoms with van der Waals surface area (Å²) in [5.41, 5.74) is 12.2. The first-order chi connectivity index (χ1) is 14.1. The van der Waals surface area contributed by atoms with Gasteiger partial charge < -0.3 is 20.4 Å². The van der Waals surface area contributed by atoms with Crippen molar-refractivity contribution in [3.63, 3.8) is 0 Å². The van der Waals surface area contributed by atoms with Crippen LogP contribution in [0.4, 0.5) is 5.69 Å². The van der Waals surface area contributed by atoms with Gasteiger partial charge >= 0.3 is 0 Å². The fraction of sp³-hybridized carbons (Fsp3) is 0.217. The Hall–Kier alpha value is -3.38. The second-order valence-corrected chi connectivity index (χ2v) is 7.09. The zero-order valence-corrected chi connectivity index (χ0v) is 16.4. The van der Waals surface area contributed by atoms with Crippen molar-refractivity contribution in [3.8, 4) is 11.3 Å². The molecule has 0 unspecified atom stereocenters. The van der Waals surface area contributed by atoms with Crippen LogP contribution in [0, 0.1) is 6.92 Å². The highest BCUT2D eigenvalue weighted by molar-refractivity contribution is 5.94. The number of rotatable bonds is 4. The lowest BCUT2D eigenvalue weighted by molar-refractivity contribution is 0.0303. The largest absolute Gasteiger partial charge is 0.397 e. The molecule has 3 aromatic rings. The van der Waals surface area contributed by atoms with E-state index in [-0.39, 0.29) is 5.91 Å². The van der Waals surface area contributed by atoms with Crippen molar-refractivity contribution in [1.82, 2.24) is 14.9 Å². The number of carbonyl (C=O) groups is 1. The predicted octanol–water partition coefficient (Wildman–Crippen LogP) is 3.61. The summed E-state index contributed by atoms with van der Waals surface area (Å²) in [6.07, 6.45) is 5.73. The van der Waals surface area contributed by atoms with Gasteiger partial charge in [-0.3, -0.25) is 9.78 Å². The smallest absolute Gasteiger partial charge is 0.254 e. The third kappa shape index (κ3) is 4.38. The number of aromatic nitrogens is 2. The fourth-order valence-corrected chi connectivity index (χ4v) is 3.30. The number of nitrogen functional groups attached to an aromatic ring is 1. The number of pyridine rings is 1. The lowest BCUT2D eigenvalue weighted by atomic mass is 10.1. The Morgan fingerprint density at radius 3 is 2.59 bits per heavy atom. The van der Waals surface area contributed by atoms with E-state index in [0.29, 0.717) is 31.9 Å². The van der Waals surface area contributed by atoms with Crippen molar-refractivity contribution in [2.75, 3.05) is 32.0 Å². The first-order valence-corrected chi connectivity index (χ1v) is 9.67. The summed E-state index contributed by atoms with van der Waals surface area (Å²) in [7, 11) is 0. The molecule has 0 aliphatic carbocycles. The van der Waals surface area contributed by atoms with E-state index in [2.05, 4.69) is 9.97 Å². The standard InChI is InChI=1S/C23H24N4O2/c1-16-21(24)15-22(26-16)19-8-9-25-20(14-19)7-4-17-2-5-18(6-3-17)23(28)27-10-12-29-13-11-27/h2-9,14-15,26H,10-13,24H2,1H3/b7-4+. The molecule has 3 N–H and O–H groups in total. The third-order valence-corrected chi connectivity index (χ3v) is 5.05. The molecule has 1 aliphatic heterocycles. The third-order valence-electron chi connectivity index (χ3n) is 5.05. The van der Waals surface area contributed by atoms with E-state index in [1.807, 2.05) is 66.4 Å². The quantitative estimate of drug-likeness (QED) is 0.715. The van der Waals surface area contributed by atoms with Gasteiger partial charge in [-0.1, -0.05) is 18.2 Å². The maximum Gasteiger partial charge on any atom is 0.254 e. The number of anilines is 1. The van der Waals surface area contributed by atoms with Crippen LogP contribution in [0.1, 0.15) is 27.3 Å². The molecular weight excluding hydrogens is 364 g/mol. The average Bonchev–Trinajstić information content (AvgIpc) is 3.11. The van der Waals surface area contributed by atoms with Gasteiger partial charge in [0, 0.05) is 41.8 Å². The zero-order valence-electron chi connectivity index (χ0n) is 16.4. The number of nitrogens with one attached hydrogen (secondary N) is 1. The molecule has 0 bridgehead atoms. The number of morpholine rings is 1. The Balaban J connectivity index is 1.46. The zero-order chi connectivity index (χ0) is 20.2. The Morgan fingerprint density at radius 2 is 1.90 bits per heavy atom. The van der Waals surface area contributed by atoms with Crippen LogP contribution in [0.3, 0.4) is 0 Å². The van der Waals surface area contributed by atoms with Crippen molar-refractivity contribution in [2.24, 2.45) is 0 Å². The summed E-state index contributed by atoms with van der Waals surface area (Å²) in [5.74, 6) is 0.0544. The molecule has 148 valence electrons. The second kappa shape index (κ2) is 8.32. The van der Waals surface area contributed by atoms with Crippen molar-refractivity contribution in [1.29, 1.82) is 0 Å². The summed E-state index contributed by atoms with van der Waals surface area (Å²) >= 11 is 0. The van der Waals surface area contributed by atoms with Crippen molar-refractivity contribution < 1.29 is 9.53 Å². The van der Waals surface area contributed by atoms with Gasteiger partial charge in [-0.2, -0.15) is 0 Å². The van der Waals surface area contributed by atoms with Crippen LogP contribution in [0.2, 0.25) is 0 Å². The average molecular weight is 388 g/mol. The maximum atomic E-state index is 12.5. The number of nitrogens with two attached hydrogens (primary N) is 1. The summed E-state index contributed by atoms with van der Waals surface area (Å²) in [5, 5.41) is 0. The van der Waals surface area contributed by atoms with Crippen molar-refractivity contribution >= 4 is 23.7 Å². The molecule has 1 aromatic carbocycles. The molecule has 0 radical (unpaired) electrons. The second-order valence-electron chi connectivity index (χ2n) is 7.09. The first-order valence-electron chi connectivity index (χ1n) is 9.67. The van der Waals surface area contributed by atoms with Gasteiger partial charge in [0.25, 0.3) is 5.91 Å². The molecule has 29 heavy (non-hydrogen) atoms. The number of ether oxygens (including phenoxy) is 1. The van der Waals surface area contributed by atoms with Crippen LogP contribution >= 0.6 is 0 Å². The minimum absolute atomic E-state index is 0.0544. The van der Waals surface area contributed by atoms with Crippen LogP contribution in [-0.2, 0) is 4.74 Å². The summed E-state index contributed by atoms with van der Waals surface area (Å²) in [4.78, 5) is 22.0. The number of H-pyrrole nitrogens is 1. The van der Waals surface area contributed by atoms with Crippen LogP contribution in [0.15, 0.2) is 48.7 Å². The number of benzene rings is 1. The molecule has 6 heteroatoms.